The van der Waals surface area contributed by atoms with Crippen molar-refractivity contribution in [2.24, 2.45) is 11.8 Å². The second kappa shape index (κ2) is 10.7. The lowest BCUT2D eigenvalue weighted by Gasteiger charge is -2.31. The monoisotopic (exact) mass is 482 g/mol. The zero-order valence-corrected chi connectivity index (χ0v) is 20.2. The van der Waals surface area contributed by atoms with Crippen molar-refractivity contribution < 1.29 is 22.6 Å². The molecule has 2 aliphatic carbocycles. The van der Waals surface area contributed by atoms with Crippen LogP contribution in [0.5, 0.6) is 0 Å². The van der Waals surface area contributed by atoms with E-state index in [1.165, 1.54) is 0 Å². The molecular weight excluding hydrogens is 449 g/mol. The topological polar surface area (TPSA) is 21.8 Å². The summed E-state index contributed by atoms with van der Waals surface area (Å²) < 4.78 is 55.8. The summed E-state index contributed by atoms with van der Waals surface area (Å²) in [7, 11) is 0. The average Bonchev–Trinajstić information content (AvgIpc) is 3.71. The number of rotatable bonds is 7. The summed E-state index contributed by atoms with van der Waals surface area (Å²) in [5.41, 5.74) is 2.44. The van der Waals surface area contributed by atoms with E-state index in [0.717, 1.165) is 44.1 Å². The highest BCUT2D eigenvalue weighted by molar-refractivity contribution is 5.67. The molecular formula is C30H33F3O2. The van der Waals surface area contributed by atoms with E-state index in [2.05, 4.69) is 0 Å². The molecule has 2 aromatic rings. The molecule has 186 valence electrons. The third-order valence-corrected chi connectivity index (χ3v) is 7.76. The molecule has 2 aromatic carbocycles. The van der Waals surface area contributed by atoms with E-state index in [9.17, 15) is 4.39 Å². The van der Waals surface area contributed by atoms with E-state index in [1.54, 1.807) is 18.2 Å². The normalized spacial score (nSPS) is 28.8. The molecule has 1 saturated heterocycles. The van der Waals surface area contributed by atoms with E-state index >= 15 is 8.78 Å². The highest BCUT2D eigenvalue weighted by Gasteiger charge is 2.38. The molecule has 3 unspecified atom stereocenters. The van der Waals surface area contributed by atoms with E-state index in [0.29, 0.717) is 29.9 Å². The van der Waals surface area contributed by atoms with E-state index in [4.69, 9.17) is 9.47 Å². The molecule has 1 saturated carbocycles. The van der Waals surface area contributed by atoms with Gasteiger partial charge in [-0.25, -0.2) is 13.2 Å². The lowest BCUT2D eigenvalue weighted by atomic mass is 9.81. The van der Waals surface area contributed by atoms with Gasteiger partial charge in [-0.15, -0.1) is 0 Å². The minimum absolute atomic E-state index is 0.0122. The largest absolute Gasteiger partial charge is 0.378 e. The third-order valence-electron chi connectivity index (χ3n) is 7.76. The summed E-state index contributed by atoms with van der Waals surface area (Å²) in [5.74, 6) is -1.54. The van der Waals surface area contributed by atoms with Crippen LogP contribution in [0.25, 0.3) is 17.2 Å². The lowest BCUT2D eigenvalue weighted by molar-refractivity contribution is 0.00789. The first kappa shape index (κ1) is 24.3. The molecule has 0 bridgehead atoms. The Bertz CT molecular complexity index is 1080. The third kappa shape index (κ3) is 5.57. The minimum Gasteiger partial charge on any atom is -0.378 e. The van der Waals surface area contributed by atoms with Gasteiger partial charge in [0.1, 0.15) is 5.83 Å². The van der Waals surface area contributed by atoms with Crippen LogP contribution in [0, 0.1) is 23.5 Å². The number of ether oxygens (including phenoxy) is 2. The van der Waals surface area contributed by atoms with Gasteiger partial charge in [0, 0.05) is 17.4 Å². The molecule has 1 heterocycles. The van der Waals surface area contributed by atoms with E-state index in [-0.39, 0.29) is 35.8 Å². The van der Waals surface area contributed by atoms with Crippen molar-refractivity contribution in [1.82, 2.24) is 0 Å². The molecule has 5 rings (SSSR count). The second-order valence-corrected chi connectivity index (χ2v) is 10.1. The SMILES string of the molecule is C/C=C/c1ccc(-c2ccc(C3CCC(OCC4C=C(F)C(C5CO5)CC4)CC3)c(F)c2F)cc1. The van der Waals surface area contributed by atoms with Crippen LogP contribution in [0.2, 0.25) is 0 Å². The van der Waals surface area contributed by atoms with Crippen molar-refractivity contribution in [3.63, 3.8) is 0 Å². The van der Waals surface area contributed by atoms with Gasteiger partial charge in [0.15, 0.2) is 11.6 Å². The molecule has 3 aliphatic rings. The van der Waals surface area contributed by atoms with Crippen LogP contribution in [0.4, 0.5) is 13.2 Å². The molecule has 5 heteroatoms. The second-order valence-electron chi connectivity index (χ2n) is 10.1. The van der Waals surface area contributed by atoms with Gasteiger partial charge in [-0.2, -0.15) is 0 Å². The molecule has 3 atom stereocenters. The van der Waals surface area contributed by atoms with E-state index in [1.807, 2.05) is 43.3 Å². The highest BCUT2D eigenvalue weighted by atomic mass is 19.2. The number of halogens is 3. The summed E-state index contributed by atoms with van der Waals surface area (Å²) in [4.78, 5) is 0. The fraction of sp³-hybridized carbons (Fsp3) is 0.467. The molecule has 0 radical (unpaired) electrons. The summed E-state index contributed by atoms with van der Waals surface area (Å²) in [6.45, 7) is 3.13. The maximum absolute atomic E-state index is 15.1. The predicted octanol–water partition coefficient (Wildman–Crippen LogP) is 7.99. The molecule has 1 aliphatic heterocycles. The maximum atomic E-state index is 15.1. The highest BCUT2D eigenvalue weighted by Crippen LogP contribution is 2.40. The number of hydrogen-bond acceptors (Lipinski definition) is 2. The summed E-state index contributed by atoms with van der Waals surface area (Å²) in [6.07, 6.45) is 10.6. The molecule has 0 spiro atoms. The van der Waals surface area contributed by atoms with Crippen molar-refractivity contribution >= 4 is 6.08 Å². The molecule has 0 N–H and O–H groups in total. The van der Waals surface area contributed by atoms with Gasteiger partial charge in [-0.05, 0) is 74.1 Å². The molecule has 0 aromatic heterocycles. The summed E-state index contributed by atoms with van der Waals surface area (Å²) in [5, 5.41) is 0. The molecule has 35 heavy (non-hydrogen) atoms. The number of allylic oxidation sites excluding steroid dienone is 1. The first-order valence-electron chi connectivity index (χ1n) is 12.8. The zero-order valence-electron chi connectivity index (χ0n) is 20.2. The van der Waals surface area contributed by atoms with Crippen LogP contribution in [0.15, 0.2) is 54.4 Å². The van der Waals surface area contributed by atoms with Crippen LogP contribution in [0.3, 0.4) is 0 Å². The van der Waals surface area contributed by atoms with Gasteiger partial charge < -0.3 is 9.47 Å². The number of hydrogen-bond donors (Lipinski definition) is 0. The van der Waals surface area contributed by atoms with Crippen molar-refractivity contribution in [3.05, 3.63) is 77.1 Å². The standard InChI is InChI=1S/C30H33F3O2/c1-2-3-19-4-7-21(8-5-19)24-14-15-25(30(33)29(24)32)22-9-11-23(12-10-22)34-17-20-6-13-26(27(31)16-20)28-18-35-28/h2-5,7-8,14-16,20,22-23,26,28H,6,9-13,17-18H2,1H3/b3-2+. The van der Waals surface area contributed by atoms with Crippen LogP contribution >= 0.6 is 0 Å². The quantitative estimate of drug-likeness (QED) is 0.373. The van der Waals surface area contributed by atoms with Crippen molar-refractivity contribution in [2.75, 3.05) is 13.2 Å². The van der Waals surface area contributed by atoms with Gasteiger partial charge in [-0.3, -0.25) is 0 Å². The van der Waals surface area contributed by atoms with Gasteiger partial charge in [-0.1, -0.05) is 48.6 Å². The zero-order chi connectivity index (χ0) is 24.4. The van der Waals surface area contributed by atoms with Gasteiger partial charge >= 0.3 is 0 Å². The Morgan fingerprint density at radius 1 is 0.914 bits per heavy atom. The van der Waals surface area contributed by atoms with Crippen molar-refractivity contribution in [1.29, 1.82) is 0 Å². The summed E-state index contributed by atoms with van der Waals surface area (Å²) in [6, 6.07) is 10.9. The lowest BCUT2D eigenvalue weighted by Crippen LogP contribution is -2.25. The summed E-state index contributed by atoms with van der Waals surface area (Å²) >= 11 is 0. The number of epoxide rings is 1. The maximum Gasteiger partial charge on any atom is 0.166 e. The Kier molecular flexibility index (Phi) is 7.45. The van der Waals surface area contributed by atoms with E-state index < -0.39 is 11.6 Å². The minimum atomic E-state index is -0.777. The van der Waals surface area contributed by atoms with Crippen LogP contribution in [-0.4, -0.2) is 25.4 Å². The molecule has 0 amide bonds. The molecule has 2 fully saturated rings. The number of benzene rings is 2. The smallest absolute Gasteiger partial charge is 0.166 e. The van der Waals surface area contributed by atoms with Crippen molar-refractivity contribution in [3.8, 4) is 11.1 Å². The van der Waals surface area contributed by atoms with Crippen molar-refractivity contribution in [2.45, 2.75) is 63.6 Å². The first-order valence-corrected chi connectivity index (χ1v) is 12.8. The fourth-order valence-corrected chi connectivity index (χ4v) is 5.62. The van der Waals surface area contributed by atoms with Crippen LogP contribution < -0.4 is 0 Å². The fourth-order valence-electron chi connectivity index (χ4n) is 5.62. The van der Waals surface area contributed by atoms with Crippen LogP contribution in [0.1, 0.15) is 62.5 Å². The predicted molar refractivity (Wildman–Crippen MR) is 133 cm³/mol. The Balaban J connectivity index is 1.16. The average molecular weight is 483 g/mol. The van der Waals surface area contributed by atoms with Gasteiger partial charge in [0.25, 0.3) is 0 Å². The Morgan fingerprint density at radius 2 is 1.66 bits per heavy atom. The van der Waals surface area contributed by atoms with Crippen LogP contribution in [-0.2, 0) is 9.47 Å². The van der Waals surface area contributed by atoms with Gasteiger partial charge in [0.05, 0.1) is 25.4 Å². The molecule has 2 nitrogen and oxygen atoms in total. The Labute approximate surface area is 205 Å². The Hall–Kier alpha value is -2.37. The first-order chi connectivity index (χ1) is 17.0. The van der Waals surface area contributed by atoms with Gasteiger partial charge in [0.2, 0.25) is 0 Å². The Morgan fingerprint density at radius 3 is 2.31 bits per heavy atom.